The van der Waals surface area contributed by atoms with Crippen LogP contribution in [-0.2, 0) is 4.74 Å². The zero-order valence-corrected chi connectivity index (χ0v) is 21.1. The van der Waals surface area contributed by atoms with Gasteiger partial charge in [0.15, 0.2) is 0 Å². The smallest absolute Gasteiger partial charge is 0.410 e. The molecule has 1 saturated heterocycles. The molecule has 186 valence electrons. The first kappa shape index (κ1) is 24.6. The van der Waals surface area contributed by atoms with Crippen LogP contribution in [0.5, 0.6) is 11.5 Å². The van der Waals surface area contributed by atoms with Gasteiger partial charge in [0.1, 0.15) is 22.7 Å². The van der Waals surface area contributed by atoms with Gasteiger partial charge in [-0.05, 0) is 82.2 Å². The molecule has 0 bridgehead atoms. The molecule has 2 aliphatic heterocycles. The van der Waals surface area contributed by atoms with Crippen molar-refractivity contribution < 1.29 is 24.2 Å². The lowest BCUT2D eigenvalue weighted by Gasteiger charge is -2.34. The third-order valence-electron chi connectivity index (χ3n) is 6.38. The Morgan fingerprint density at radius 2 is 1.80 bits per heavy atom. The standard InChI is InChI=1S/C28H34N2O5/c1-6-29(7-2)25(32)20-10-8-19(9-11-20)23-17-28(34-24-13-12-21(31)16-22(23)24)14-15-30(18-28)26(33)35-27(3,4)5/h8-13,16-17,31H,6-7,14-15,18H2,1-5H3. The Labute approximate surface area is 206 Å². The van der Waals surface area contributed by atoms with Crippen LogP contribution >= 0.6 is 0 Å². The number of aromatic hydroxyl groups is 1. The number of rotatable bonds is 4. The minimum atomic E-state index is -0.702. The van der Waals surface area contributed by atoms with E-state index in [1.807, 2.05) is 65.0 Å². The fourth-order valence-corrected chi connectivity index (χ4v) is 4.62. The van der Waals surface area contributed by atoms with Gasteiger partial charge in [-0.15, -0.1) is 0 Å². The van der Waals surface area contributed by atoms with E-state index in [1.165, 1.54) is 0 Å². The fourth-order valence-electron chi connectivity index (χ4n) is 4.62. The van der Waals surface area contributed by atoms with Gasteiger partial charge < -0.3 is 24.4 Å². The van der Waals surface area contributed by atoms with Crippen molar-refractivity contribution in [3.63, 3.8) is 0 Å². The van der Waals surface area contributed by atoms with Gasteiger partial charge in [0.05, 0.1) is 6.54 Å². The Kier molecular flexibility index (Phi) is 6.54. The van der Waals surface area contributed by atoms with E-state index in [0.29, 0.717) is 43.9 Å². The molecule has 0 aliphatic carbocycles. The number of phenols is 1. The number of likely N-dealkylation sites (tertiary alicyclic amines) is 1. The van der Waals surface area contributed by atoms with Gasteiger partial charge >= 0.3 is 6.09 Å². The average Bonchev–Trinajstić information content (AvgIpc) is 3.22. The number of benzene rings is 2. The summed E-state index contributed by atoms with van der Waals surface area (Å²) in [7, 11) is 0. The molecular formula is C28H34N2O5. The summed E-state index contributed by atoms with van der Waals surface area (Å²) in [6.07, 6.45) is 2.30. The molecule has 1 N–H and O–H groups in total. The number of carbonyl (C=O) groups is 2. The fraction of sp³-hybridized carbons (Fsp3) is 0.429. The second-order valence-corrected chi connectivity index (χ2v) is 10.1. The van der Waals surface area contributed by atoms with E-state index in [4.69, 9.17) is 9.47 Å². The van der Waals surface area contributed by atoms with Gasteiger partial charge in [-0.3, -0.25) is 4.79 Å². The van der Waals surface area contributed by atoms with Crippen molar-refractivity contribution in [2.75, 3.05) is 26.2 Å². The van der Waals surface area contributed by atoms with Gasteiger partial charge in [-0.25, -0.2) is 4.79 Å². The molecule has 1 fully saturated rings. The van der Waals surface area contributed by atoms with E-state index < -0.39 is 11.2 Å². The maximum atomic E-state index is 12.7. The Hall–Kier alpha value is -3.48. The lowest BCUT2D eigenvalue weighted by Crippen LogP contribution is -2.42. The second-order valence-electron chi connectivity index (χ2n) is 10.1. The predicted octanol–water partition coefficient (Wildman–Crippen LogP) is 5.08. The Morgan fingerprint density at radius 1 is 1.11 bits per heavy atom. The number of amides is 2. The van der Waals surface area contributed by atoms with Crippen molar-refractivity contribution >= 4 is 17.6 Å². The molecule has 35 heavy (non-hydrogen) atoms. The summed E-state index contributed by atoms with van der Waals surface area (Å²) in [5.41, 5.74) is 1.94. The molecule has 1 unspecified atom stereocenters. The topological polar surface area (TPSA) is 79.3 Å². The van der Waals surface area contributed by atoms with E-state index in [9.17, 15) is 14.7 Å². The molecule has 1 spiro atoms. The first-order valence-corrected chi connectivity index (χ1v) is 12.2. The maximum Gasteiger partial charge on any atom is 0.410 e. The average molecular weight is 479 g/mol. The lowest BCUT2D eigenvalue weighted by atomic mass is 9.87. The number of nitrogens with zero attached hydrogens (tertiary/aromatic N) is 2. The second kappa shape index (κ2) is 9.29. The molecule has 2 aliphatic rings. The van der Waals surface area contributed by atoms with Crippen molar-refractivity contribution in [3.05, 3.63) is 65.2 Å². The summed E-state index contributed by atoms with van der Waals surface area (Å²) >= 11 is 0. The van der Waals surface area contributed by atoms with Gasteiger partial charge in [-0.1, -0.05) is 12.1 Å². The van der Waals surface area contributed by atoms with Crippen LogP contribution in [0.4, 0.5) is 4.79 Å². The van der Waals surface area contributed by atoms with Crippen molar-refractivity contribution in [2.45, 2.75) is 52.2 Å². The highest BCUT2D eigenvalue weighted by Gasteiger charge is 2.44. The van der Waals surface area contributed by atoms with Crippen LogP contribution < -0.4 is 4.74 Å². The Balaban J connectivity index is 1.68. The molecule has 2 amide bonds. The monoisotopic (exact) mass is 478 g/mol. The lowest BCUT2D eigenvalue weighted by molar-refractivity contribution is 0.0248. The van der Waals surface area contributed by atoms with Crippen molar-refractivity contribution in [2.24, 2.45) is 0 Å². The molecule has 7 nitrogen and oxygen atoms in total. The normalized spacial score (nSPS) is 19.1. The molecule has 2 heterocycles. The van der Waals surface area contributed by atoms with Crippen LogP contribution in [0.2, 0.25) is 0 Å². The number of fused-ring (bicyclic) bond motifs is 1. The molecule has 0 saturated carbocycles. The summed E-state index contributed by atoms with van der Waals surface area (Å²) in [5, 5.41) is 10.2. The highest BCUT2D eigenvalue weighted by molar-refractivity contribution is 5.95. The number of hydrogen-bond acceptors (Lipinski definition) is 5. The zero-order chi connectivity index (χ0) is 25.4. The summed E-state index contributed by atoms with van der Waals surface area (Å²) < 4.78 is 12.0. The van der Waals surface area contributed by atoms with Crippen LogP contribution in [0.1, 0.15) is 62.5 Å². The van der Waals surface area contributed by atoms with Crippen molar-refractivity contribution in [3.8, 4) is 11.5 Å². The van der Waals surface area contributed by atoms with Crippen molar-refractivity contribution in [1.82, 2.24) is 9.80 Å². The minimum Gasteiger partial charge on any atom is -0.508 e. The minimum absolute atomic E-state index is 0.000757. The third-order valence-corrected chi connectivity index (χ3v) is 6.38. The first-order chi connectivity index (χ1) is 16.5. The summed E-state index contributed by atoms with van der Waals surface area (Å²) in [4.78, 5) is 28.9. The highest BCUT2D eigenvalue weighted by Crippen LogP contribution is 2.44. The molecule has 4 rings (SSSR count). The number of phenolic OH excluding ortho intramolecular Hbond substituents is 1. The summed E-state index contributed by atoms with van der Waals surface area (Å²) in [5.74, 6) is 0.791. The van der Waals surface area contributed by atoms with Gasteiger partial charge in [0.2, 0.25) is 0 Å². The highest BCUT2D eigenvalue weighted by atomic mass is 16.6. The Morgan fingerprint density at radius 3 is 2.43 bits per heavy atom. The quantitative estimate of drug-likeness (QED) is 0.663. The van der Waals surface area contributed by atoms with Crippen LogP contribution in [0.15, 0.2) is 48.5 Å². The molecule has 1 atom stereocenters. The summed E-state index contributed by atoms with van der Waals surface area (Å²) in [6.45, 7) is 11.7. The van der Waals surface area contributed by atoms with Gasteiger partial charge in [0, 0.05) is 37.2 Å². The van der Waals surface area contributed by atoms with E-state index in [2.05, 4.69) is 0 Å². The SMILES string of the molecule is CCN(CC)C(=O)c1ccc(C2=CC3(CCN(C(=O)OC(C)(C)C)C3)Oc3ccc(O)cc32)cc1. The molecule has 2 aromatic carbocycles. The zero-order valence-electron chi connectivity index (χ0n) is 21.1. The maximum absolute atomic E-state index is 12.7. The third kappa shape index (κ3) is 5.14. The van der Waals surface area contributed by atoms with Gasteiger partial charge in [-0.2, -0.15) is 0 Å². The van der Waals surface area contributed by atoms with Gasteiger partial charge in [0.25, 0.3) is 5.91 Å². The van der Waals surface area contributed by atoms with Crippen LogP contribution in [0.3, 0.4) is 0 Å². The first-order valence-electron chi connectivity index (χ1n) is 12.2. The summed E-state index contributed by atoms with van der Waals surface area (Å²) in [6, 6.07) is 12.6. The van der Waals surface area contributed by atoms with Crippen molar-refractivity contribution in [1.29, 1.82) is 0 Å². The number of ether oxygens (including phenoxy) is 2. The Bertz CT molecular complexity index is 1140. The van der Waals surface area contributed by atoms with E-state index >= 15 is 0 Å². The van der Waals surface area contributed by atoms with E-state index in [1.54, 1.807) is 28.0 Å². The van der Waals surface area contributed by atoms with Crippen LogP contribution in [-0.4, -0.2) is 64.3 Å². The molecule has 7 heteroatoms. The molecular weight excluding hydrogens is 444 g/mol. The largest absolute Gasteiger partial charge is 0.508 e. The van der Waals surface area contributed by atoms with E-state index in [-0.39, 0.29) is 17.7 Å². The molecule has 0 radical (unpaired) electrons. The van der Waals surface area contributed by atoms with E-state index in [0.717, 1.165) is 16.7 Å². The number of carbonyl (C=O) groups excluding carboxylic acids is 2. The molecule has 2 aromatic rings. The van der Waals surface area contributed by atoms with Crippen LogP contribution in [0, 0.1) is 0 Å². The molecule has 0 aromatic heterocycles. The predicted molar refractivity (Wildman–Crippen MR) is 135 cm³/mol. The number of hydrogen-bond donors (Lipinski definition) is 1. The van der Waals surface area contributed by atoms with Crippen LogP contribution in [0.25, 0.3) is 5.57 Å².